The molecule has 1 aromatic carbocycles. The Labute approximate surface area is 122 Å². The SMILES string of the molecule is CC1CCCC1CNS(=O)(=O)c1ccc([N+](=O)[O-])c(F)c1. The third-order valence-corrected chi connectivity index (χ3v) is 5.42. The van der Waals surface area contributed by atoms with Crippen molar-refractivity contribution < 1.29 is 17.7 Å². The first-order valence-electron chi connectivity index (χ1n) is 6.75. The Hall–Kier alpha value is -1.54. The van der Waals surface area contributed by atoms with Crippen LogP contribution in [0.25, 0.3) is 0 Å². The second kappa shape index (κ2) is 6.07. The lowest BCUT2D eigenvalue weighted by Crippen LogP contribution is -2.30. The fourth-order valence-corrected chi connectivity index (χ4v) is 3.73. The maximum atomic E-state index is 13.5. The van der Waals surface area contributed by atoms with Crippen LogP contribution in [0.2, 0.25) is 0 Å². The maximum Gasteiger partial charge on any atom is 0.304 e. The monoisotopic (exact) mass is 316 g/mol. The highest BCUT2D eigenvalue weighted by Crippen LogP contribution is 2.30. The van der Waals surface area contributed by atoms with Crippen LogP contribution in [0.3, 0.4) is 0 Å². The van der Waals surface area contributed by atoms with E-state index >= 15 is 0 Å². The van der Waals surface area contributed by atoms with Crippen LogP contribution < -0.4 is 4.72 Å². The van der Waals surface area contributed by atoms with E-state index in [0.29, 0.717) is 18.5 Å². The molecule has 0 saturated heterocycles. The summed E-state index contributed by atoms with van der Waals surface area (Å²) in [7, 11) is -3.85. The number of nitro benzene ring substituents is 1. The number of nitrogens with one attached hydrogen (secondary N) is 1. The summed E-state index contributed by atoms with van der Waals surface area (Å²) in [5.41, 5.74) is -0.738. The molecule has 0 spiro atoms. The van der Waals surface area contributed by atoms with Crippen molar-refractivity contribution in [3.63, 3.8) is 0 Å². The molecule has 0 aromatic heterocycles. The quantitative estimate of drug-likeness (QED) is 0.667. The zero-order valence-corrected chi connectivity index (χ0v) is 12.4. The van der Waals surface area contributed by atoms with Gasteiger partial charge in [0.15, 0.2) is 0 Å². The summed E-state index contributed by atoms with van der Waals surface area (Å²) < 4.78 is 40.1. The topological polar surface area (TPSA) is 89.3 Å². The molecule has 2 unspecified atom stereocenters. The van der Waals surface area contributed by atoms with E-state index in [1.165, 1.54) is 0 Å². The van der Waals surface area contributed by atoms with Crippen LogP contribution in [0.5, 0.6) is 0 Å². The molecule has 8 heteroatoms. The number of rotatable bonds is 5. The highest BCUT2D eigenvalue weighted by atomic mass is 32.2. The number of halogens is 1. The summed E-state index contributed by atoms with van der Waals surface area (Å²) in [5.74, 6) is -0.416. The molecule has 1 aliphatic rings. The molecule has 1 fully saturated rings. The van der Waals surface area contributed by atoms with Crippen LogP contribution in [0.4, 0.5) is 10.1 Å². The zero-order chi connectivity index (χ0) is 15.6. The van der Waals surface area contributed by atoms with Crippen LogP contribution >= 0.6 is 0 Å². The molecule has 1 N–H and O–H groups in total. The minimum absolute atomic E-state index is 0.280. The minimum atomic E-state index is -3.85. The summed E-state index contributed by atoms with van der Waals surface area (Å²) in [6.07, 6.45) is 3.14. The smallest absolute Gasteiger partial charge is 0.258 e. The van der Waals surface area contributed by atoms with Gasteiger partial charge in [0.25, 0.3) is 0 Å². The van der Waals surface area contributed by atoms with E-state index in [-0.39, 0.29) is 10.8 Å². The van der Waals surface area contributed by atoms with Crippen molar-refractivity contribution in [1.82, 2.24) is 4.72 Å². The Bertz CT molecular complexity index is 648. The van der Waals surface area contributed by atoms with Gasteiger partial charge in [-0.05, 0) is 24.3 Å². The van der Waals surface area contributed by atoms with E-state index in [1.54, 1.807) is 0 Å². The molecule has 0 bridgehead atoms. The van der Waals surface area contributed by atoms with Gasteiger partial charge in [-0.3, -0.25) is 10.1 Å². The molecule has 0 heterocycles. The van der Waals surface area contributed by atoms with Crippen LogP contribution in [0, 0.1) is 27.8 Å². The van der Waals surface area contributed by atoms with E-state index in [4.69, 9.17) is 0 Å². The van der Waals surface area contributed by atoms with Gasteiger partial charge in [0.05, 0.1) is 9.82 Å². The number of nitro groups is 1. The van der Waals surface area contributed by atoms with Gasteiger partial charge < -0.3 is 0 Å². The Morgan fingerprint density at radius 3 is 2.67 bits per heavy atom. The lowest BCUT2D eigenvalue weighted by Gasteiger charge is -2.16. The molecule has 0 radical (unpaired) electrons. The van der Waals surface area contributed by atoms with Gasteiger partial charge in [-0.2, -0.15) is 4.39 Å². The molecule has 2 rings (SSSR count). The van der Waals surface area contributed by atoms with Crippen molar-refractivity contribution in [3.05, 3.63) is 34.1 Å². The van der Waals surface area contributed by atoms with Gasteiger partial charge in [-0.15, -0.1) is 0 Å². The number of benzene rings is 1. The lowest BCUT2D eigenvalue weighted by molar-refractivity contribution is -0.387. The minimum Gasteiger partial charge on any atom is -0.258 e. The van der Waals surface area contributed by atoms with Gasteiger partial charge in [0, 0.05) is 18.7 Å². The Morgan fingerprint density at radius 2 is 2.14 bits per heavy atom. The Balaban J connectivity index is 2.12. The average molecular weight is 316 g/mol. The number of hydrogen-bond acceptors (Lipinski definition) is 4. The summed E-state index contributed by atoms with van der Waals surface area (Å²) in [6, 6.07) is 2.59. The molecular weight excluding hydrogens is 299 g/mol. The second-order valence-corrected chi connectivity index (χ2v) is 7.16. The number of nitrogens with zero attached hydrogens (tertiary/aromatic N) is 1. The van der Waals surface area contributed by atoms with Crippen molar-refractivity contribution >= 4 is 15.7 Å². The van der Waals surface area contributed by atoms with Crippen LogP contribution in [0.1, 0.15) is 26.2 Å². The molecule has 2 atom stereocenters. The fraction of sp³-hybridized carbons (Fsp3) is 0.538. The van der Waals surface area contributed by atoms with E-state index in [0.717, 1.165) is 31.4 Å². The largest absolute Gasteiger partial charge is 0.304 e. The fourth-order valence-electron chi connectivity index (χ4n) is 2.63. The second-order valence-electron chi connectivity index (χ2n) is 5.39. The first-order chi connectivity index (χ1) is 9.81. The van der Waals surface area contributed by atoms with Gasteiger partial charge in [0.2, 0.25) is 15.8 Å². The van der Waals surface area contributed by atoms with Crippen molar-refractivity contribution in [2.24, 2.45) is 11.8 Å². The third kappa shape index (κ3) is 3.56. The van der Waals surface area contributed by atoms with E-state index in [1.807, 2.05) is 0 Å². The predicted molar refractivity (Wildman–Crippen MR) is 74.7 cm³/mol. The summed E-state index contributed by atoms with van der Waals surface area (Å²) in [6.45, 7) is 2.39. The number of sulfonamides is 1. The average Bonchev–Trinajstić information content (AvgIpc) is 2.81. The Morgan fingerprint density at radius 1 is 1.43 bits per heavy atom. The summed E-state index contributed by atoms with van der Waals surface area (Å²) in [4.78, 5) is 9.33. The molecule has 6 nitrogen and oxygen atoms in total. The normalized spacial score (nSPS) is 22.4. The summed E-state index contributed by atoms with van der Waals surface area (Å²) >= 11 is 0. The molecular formula is C13H17FN2O4S. The van der Waals surface area contributed by atoms with Crippen molar-refractivity contribution in [3.8, 4) is 0 Å². The van der Waals surface area contributed by atoms with E-state index < -0.39 is 26.5 Å². The zero-order valence-electron chi connectivity index (χ0n) is 11.6. The molecule has 0 aliphatic heterocycles. The Kier molecular flexibility index (Phi) is 4.58. The predicted octanol–water partition coefficient (Wildman–Crippen LogP) is 2.45. The summed E-state index contributed by atoms with van der Waals surface area (Å²) in [5, 5.41) is 10.5. The first-order valence-corrected chi connectivity index (χ1v) is 8.23. The lowest BCUT2D eigenvalue weighted by atomic mass is 9.99. The van der Waals surface area contributed by atoms with Crippen LogP contribution in [0.15, 0.2) is 23.1 Å². The van der Waals surface area contributed by atoms with Gasteiger partial charge >= 0.3 is 5.69 Å². The molecule has 1 aliphatic carbocycles. The molecule has 1 saturated carbocycles. The van der Waals surface area contributed by atoms with Gasteiger partial charge in [0.1, 0.15) is 0 Å². The molecule has 1 aromatic rings. The van der Waals surface area contributed by atoms with Crippen LogP contribution in [-0.2, 0) is 10.0 Å². The molecule has 21 heavy (non-hydrogen) atoms. The van der Waals surface area contributed by atoms with Crippen molar-refractivity contribution in [1.29, 1.82) is 0 Å². The van der Waals surface area contributed by atoms with Gasteiger partial charge in [-0.25, -0.2) is 13.1 Å². The van der Waals surface area contributed by atoms with Gasteiger partial charge in [-0.1, -0.05) is 19.8 Å². The first kappa shape index (κ1) is 15.8. The molecule has 116 valence electrons. The van der Waals surface area contributed by atoms with E-state index in [9.17, 15) is 22.9 Å². The standard InChI is InChI=1S/C13H17FN2O4S/c1-9-3-2-4-10(9)8-15-21(19,20)11-5-6-13(16(17)18)12(14)7-11/h5-7,9-10,15H,2-4,8H2,1H3. The van der Waals surface area contributed by atoms with Crippen molar-refractivity contribution in [2.75, 3.05) is 6.54 Å². The molecule has 0 amide bonds. The highest BCUT2D eigenvalue weighted by Gasteiger charge is 2.26. The third-order valence-electron chi connectivity index (χ3n) is 4.00. The number of hydrogen-bond donors (Lipinski definition) is 1. The highest BCUT2D eigenvalue weighted by molar-refractivity contribution is 7.89. The maximum absolute atomic E-state index is 13.5. The van der Waals surface area contributed by atoms with Crippen molar-refractivity contribution in [2.45, 2.75) is 31.1 Å². The van der Waals surface area contributed by atoms with Crippen LogP contribution in [-0.4, -0.2) is 19.9 Å². The van der Waals surface area contributed by atoms with E-state index in [2.05, 4.69) is 11.6 Å².